The summed E-state index contributed by atoms with van der Waals surface area (Å²) in [5, 5.41) is 0. The fourth-order valence-corrected chi connectivity index (χ4v) is 1.47. The second-order valence-electron chi connectivity index (χ2n) is 4.48. The molecule has 0 saturated heterocycles. The highest BCUT2D eigenvalue weighted by atomic mass is 19.1. The van der Waals surface area contributed by atoms with E-state index >= 15 is 0 Å². The maximum atomic E-state index is 12.8. The second-order valence-corrected chi connectivity index (χ2v) is 4.48. The first-order valence-electron chi connectivity index (χ1n) is 6.04. The molecule has 19 heavy (non-hydrogen) atoms. The van der Waals surface area contributed by atoms with Crippen LogP contribution in [-0.2, 0) is 0 Å². The normalized spacial score (nSPS) is 10.6. The molecule has 1 aromatic carbocycles. The molecule has 0 bridgehead atoms. The van der Waals surface area contributed by atoms with Gasteiger partial charge in [0.1, 0.15) is 23.7 Å². The van der Waals surface area contributed by atoms with Gasteiger partial charge in [0.15, 0.2) is 0 Å². The number of rotatable bonds is 4. The van der Waals surface area contributed by atoms with Crippen LogP contribution in [0.3, 0.4) is 0 Å². The maximum Gasteiger partial charge on any atom is 0.224 e. The first kappa shape index (κ1) is 13.3. The van der Waals surface area contributed by atoms with Crippen molar-refractivity contribution < 1.29 is 9.13 Å². The number of nitrogens with zero attached hydrogens (tertiary/aromatic N) is 3. The number of anilines is 1. The molecular formula is C14H16FN3O. The number of aromatic nitrogens is 2. The quantitative estimate of drug-likeness (QED) is 0.846. The lowest BCUT2D eigenvalue weighted by atomic mass is 10.3. The summed E-state index contributed by atoms with van der Waals surface area (Å²) in [6.45, 7) is 4.14. The SMILES string of the molecule is CC(C)N(C)c1cc(Oc2ccc(F)cc2)ncn1. The molecule has 0 radical (unpaired) electrons. The van der Waals surface area contributed by atoms with Crippen LogP contribution in [0.15, 0.2) is 36.7 Å². The van der Waals surface area contributed by atoms with Gasteiger partial charge >= 0.3 is 0 Å². The highest BCUT2D eigenvalue weighted by Gasteiger charge is 2.08. The van der Waals surface area contributed by atoms with Crippen molar-refractivity contribution in [2.45, 2.75) is 19.9 Å². The second kappa shape index (κ2) is 5.65. The third kappa shape index (κ3) is 3.40. The van der Waals surface area contributed by atoms with E-state index in [9.17, 15) is 4.39 Å². The topological polar surface area (TPSA) is 38.2 Å². The summed E-state index contributed by atoms with van der Waals surface area (Å²) < 4.78 is 18.4. The molecule has 0 aliphatic carbocycles. The Morgan fingerprint density at radius 1 is 1.16 bits per heavy atom. The molecule has 0 atom stereocenters. The molecular weight excluding hydrogens is 245 g/mol. The van der Waals surface area contributed by atoms with Gasteiger partial charge in [0, 0.05) is 19.2 Å². The molecule has 0 amide bonds. The fourth-order valence-electron chi connectivity index (χ4n) is 1.47. The molecule has 2 rings (SSSR count). The van der Waals surface area contributed by atoms with Gasteiger partial charge in [-0.25, -0.2) is 14.4 Å². The average molecular weight is 261 g/mol. The van der Waals surface area contributed by atoms with Crippen molar-refractivity contribution in [1.29, 1.82) is 0 Å². The van der Waals surface area contributed by atoms with E-state index in [1.807, 2.05) is 11.9 Å². The Hall–Kier alpha value is -2.17. The molecule has 0 N–H and O–H groups in total. The van der Waals surface area contributed by atoms with E-state index in [1.165, 1.54) is 18.5 Å². The predicted molar refractivity (Wildman–Crippen MR) is 72.0 cm³/mol. The average Bonchev–Trinajstić information content (AvgIpc) is 2.41. The highest BCUT2D eigenvalue weighted by molar-refractivity contribution is 5.41. The summed E-state index contributed by atoms with van der Waals surface area (Å²) in [5.74, 6) is 1.46. The van der Waals surface area contributed by atoms with Crippen molar-refractivity contribution in [3.8, 4) is 11.6 Å². The van der Waals surface area contributed by atoms with E-state index in [4.69, 9.17) is 4.74 Å². The molecule has 2 aromatic rings. The largest absolute Gasteiger partial charge is 0.439 e. The summed E-state index contributed by atoms with van der Waals surface area (Å²) in [6, 6.07) is 7.89. The van der Waals surface area contributed by atoms with E-state index in [0.717, 1.165) is 5.82 Å². The van der Waals surface area contributed by atoms with E-state index in [2.05, 4.69) is 23.8 Å². The zero-order chi connectivity index (χ0) is 13.8. The van der Waals surface area contributed by atoms with Crippen molar-refractivity contribution in [3.05, 3.63) is 42.5 Å². The van der Waals surface area contributed by atoms with Crippen molar-refractivity contribution in [3.63, 3.8) is 0 Å². The summed E-state index contributed by atoms with van der Waals surface area (Å²) in [7, 11) is 1.95. The van der Waals surface area contributed by atoms with Crippen LogP contribution in [0.5, 0.6) is 11.6 Å². The highest BCUT2D eigenvalue weighted by Crippen LogP contribution is 2.22. The van der Waals surface area contributed by atoms with Gasteiger partial charge in [-0.1, -0.05) is 0 Å². The van der Waals surface area contributed by atoms with Crippen molar-refractivity contribution in [2.24, 2.45) is 0 Å². The van der Waals surface area contributed by atoms with Crippen molar-refractivity contribution in [1.82, 2.24) is 9.97 Å². The molecule has 0 fully saturated rings. The monoisotopic (exact) mass is 261 g/mol. The van der Waals surface area contributed by atoms with Gasteiger partial charge in [0.2, 0.25) is 5.88 Å². The van der Waals surface area contributed by atoms with Gasteiger partial charge in [-0.05, 0) is 38.1 Å². The summed E-state index contributed by atoms with van der Waals surface area (Å²) in [5.41, 5.74) is 0. The smallest absolute Gasteiger partial charge is 0.224 e. The molecule has 4 nitrogen and oxygen atoms in total. The minimum atomic E-state index is -0.296. The van der Waals surface area contributed by atoms with Crippen LogP contribution in [0.1, 0.15) is 13.8 Å². The van der Waals surface area contributed by atoms with Gasteiger partial charge in [-0.3, -0.25) is 0 Å². The minimum absolute atomic E-state index is 0.296. The van der Waals surface area contributed by atoms with E-state index in [-0.39, 0.29) is 5.82 Å². The number of hydrogen-bond acceptors (Lipinski definition) is 4. The number of ether oxygens (including phenoxy) is 1. The first-order valence-corrected chi connectivity index (χ1v) is 6.04. The van der Waals surface area contributed by atoms with E-state index < -0.39 is 0 Å². The number of hydrogen-bond donors (Lipinski definition) is 0. The zero-order valence-electron chi connectivity index (χ0n) is 11.2. The fraction of sp³-hybridized carbons (Fsp3) is 0.286. The summed E-state index contributed by atoms with van der Waals surface area (Å²) in [4.78, 5) is 10.2. The lowest BCUT2D eigenvalue weighted by Gasteiger charge is -2.22. The van der Waals surface area contributed by atoms with Crippen molar-refractivity contribution in [2.75, 3.05) is 11.9 Å². The van der Waals surface area contributed by atoms with Crippen LogP contribution < -0.4 is 9.64 Å². The maximum absolute atomic E-state index is 12.8. The van der Waals surface area contributed by atoms with Crippen LogP contribution in [0.4, 0.5) is 10.2 Å². The third-order valence-corrected chi connectivity index (χ3v) is 2.80. The van der Waals surface area contributed by atoms with Crippen LogP contribution in [0, 0.1) is 5.82 Å². The molecule has 5 heteroatoms. The molecule has 0 spiro atoms. The molecule has 1 aromatic heterocycles. The summed E-state index contributed by atoms with van der Waals surface area (Å²) in [6.07, 6.45) is 1.45. The Kier molecular flexibility index (Phi) is 3.94. The van der Waals surface area contributed by atoms with E-state index in [1.54, 1.807) is 18.2 Å². The molecule has 0 unspecified atom stereocenters. The van der Waals surface area contributed by atoms with Crippen LogP contribution in [-0.4, -0.2) is 23.1 Å². The molecule has 0 aliphatic heterocycles. The number of benzene rings is 1. The van der Waals surface area contributed by atoms with Crippen molar-refractivity contribution >= 4 is 5.82 Å². The molecule has 0 aliphatic rings. The Bertz CT molecular complexity index is 543. The standard InChI is InChI=1S/C14H16FN3O/c1-10(2)18(3)13-8-14(17-9-16-13)19-12-6-4-11(15)5-7-12/h4-10H,1-3H3. The van der Waals surface area contributed by atoms with E-state index in [0.29, 0.717) is 17.7 Å². The van der Waals surface area contributed by atoms with Gasteiger partial charge in [0.05, 0.1) is 0 Å². The van der Waals surface area contributed by atoms with Crippen LogP contribution >= 0.6 is 0 Å². The lowest BCUT2D eigenvalue weighted by molar-refractivity contribution is 0.459. The Balaban J connectivity index is 2.17. The zero-order valence-corrected chi connectivity index (χ0v) is 11.2. The predicted octanol–water partition coefficient (Wildman–Crippen LogP) is 3.25. The Morgan fingerprint density at radius 2 is 1.84 bits per heavy atom. The van der Waals surface area contributed by atoms with Crippen LogP contribution in [0.2, 0.25) is 0 Å². The third-order valence-electron chi connectivity index (χ3n) is 2.80. The molecule has 1 heterocycles. The van der Waals surface area contributed by atoms with Gasteiger partial charge in [-0.15, -0.1) is 0 Å². The van der Waals surface area contributed by atoms with Gasteiger partial charge < -0.3 is 9.64 Å². The molecule has 100 valence electrons. The summed E-state index contributed by atoms with van der Waals surface area (Å²) >= 11 is 0. The molecule has 0 saturated carbocycles. The number of halogens is 1. The Labute approximate surface area is 111 Å². The lowest BCUT2D eigenvalue weighted by Crippen LogP contribution is -2.26. The van der Waals surface area contributed by atoms with Gasteiger partial charge in [0.25, 0.3) is 0 Å². The minimum Gasteiger partial charge on any atom is -0.439 e. The first-order chi connectivity index (χ1) is 9.06. The Morgan fingerprint density at radius 3 is 2.47 bits per heavy atom. The van der Waals surface area contributed by atoms with Crippen LogP contribution in [0.25, 0.3) is 0 Å². The van der Waals surface area contributed by atoms with Gasteiger partial charge in [-0.2, -0.15) is 0 Å².